The van der Waals surface area contributed by atoms with Crippen LogP contribution < -0.4 is 0 Å². The van der Waals surface area contributed by atoms with E-state index in [1.54, 1.807) is 0 Å². The van der Waals surface area contributed by atoms with Crippen molar-refractivity contribution >= 4 is 21.9 Å². The van der Waals surface area contributed by atoms with E-state index in [4.69, 9.17) is 0 Å². The molecule has 2 heteroatoms. The van der Waals surface area contributed by atoms with E-state index in [0.29, 0.717) is 0 Å². The Hall–Kier alpha value is -1.83. The van der Waals surface area contributed by atoms with E-state index in [1.807, 2.05) is 12.3 Å². The van der Waals surface area contributed by atoms with E-state index in [1.165, 1.54) is 16.3 Å². The Labute approximate surface area is 101 Å². The molecule has 0 amide bonds. The van der Waals surface area contributed by atoms with Gasteiger partial charge >= 0.3 is 0 Å². The third-order valence-corrected chi connectivity index (χ3v) is 3.10. The number of pyridine rings is 1. The summed E-state index contributed by atoms with van der Waals surface area (Å²) in [6.45, 7) is 6.65. The predicted molar refractivity (Wildman–Crippen MR) is 72.2 cm³/mol. The van der Waals surface area contributed by atoms with Gasteiger partial charge in [0.15, 0.2) is 0 Å². The van der Waals surface area contributed by atoms with Crippen molar-refractivity contribution in [3.05, 3.63) is 42.6 Å². The molecular weight excluding hydrogens is 208 g/mol. The standard InChI is InChI=1S/C15H16N2/c1-15(2,3)17-13-9-5-4-7-11(13)12-8-6-10-16-14(12)17/h4-10H,1-3H3. The number of nitrogens with zero attached hydrogens (tertiary/aromatic N) is 2. The Bertz CT molecular complexity index is 634. The van der Waals surface area contributed by atoms with Crippen molar-refractivity contribution in [1.82, 2.24) is 9.55 Å². The van der Waals surface area contributed by atoms with Crippen molar-refractivity contribution in [2.24, 2.45) is 0 Å². The summed E-state index contributed by atoms with van der Waals surface area (Å²) in [4.78, 5) is 4.55. The van der Waals surface area contributed by atoms with Crippen LogP contribution in [0.4, 0.5) is 0 Å². The van der Waals surface area contributed by atoms with Crippen LogP contribution in [0.1, 0.15) is 20.8 Å². The van der Waals surface area contributed by atoms with Gasteiger partial charge in [-0.05, 0) is 39.0 Å². The Morgan fingerprint density at radius 2 is 1.65 bits per heavy atom. The molecule has 2 aromatic heterocycles. The molecular formula is C15H16N2. The average Bonchev–Trinajstić information content (AvgIpc) is 2.63. The molecule has 0 saturated carbocycles. The van der Waals surface area contributed by atoms with Crippen molar-refractivity contribution in [3.8, 4) is 0 Å². The number of para-hydroxylation sites is 1. The third-order valence-electron chi connectivity index (χ3n) is 3.10. The highest BCUT2D eigenvalue weighted by Gasteiger charge is 2.20. The van der Waals surface area contributed by atoms with Crippen LogP contribution in [0.3, 0.4) is 0 Å². The van der Waals surface area contributed by atoms with Crippen molar-refractivity contribution in [2.45, 2.75) is 26.3 Å². The van der Waals surface area contributed by atoms with Crippen LogP contribution >= 0.6 is 0 Å². The minimum Gasteiger partial charge on any atom is -0.320 e. The van der Waals surface area contributed by atoms with Gasteiger partial charge in [-0.25, -0.2) is 4.98 Å². The zero-order valence-electron chi connectivity index (χ0n) is 10.4. The quantitative estimate of drug-likeness (QED) is 0.565. The molecule has 0 atom stereocenters. The number of rotatable bonds is 0. The van der Waals surface area contributed by atoms with Gasteiger partial charge in [0.2, 0.25) is 0 Å². The summed E-state index contributed by atoms with van der Waals surface area (Å²) in [5.41, 5.74) is 2.37. The molecule has 0 unspecified atom stereocenters. The van der Waals surface area contributed by atoms with Crippen molar-refractivity contribution < 1.29 is 0 Å². The fourth-order valence-electron chi connectivity index (χ4n) is 2.47. The number of fused-ring (bicyclic) bond motifs is 3. The van der Waals surface area contributed by atoms with Gasteiger partial charge < -0.3 is 4.57 Å². The molecule has 0 fully saturated rings. The minimum absolute atomic E-state index is 0.0374. The van der Waals surface area contributed by atoms with Crippen LogP contribution in [0.25, 0.3) is 21.9 Å². The van der Waals surface area contributed by atoms with E-state index in [-0.39, 0.29) is 5.54 Å². The van der Waals surface area contributed by atoms with Crippen LogP contribution in [0.5, 0.6) is 0 Å². The summed E-state index contributed by atoms with van der Waals surface area (Å²) in [5.74, 6) is 0. The summed E-state index contributed by atoms with van der Waals surface area (Å²) in [6, 6.07) is 12.7. The lowest BCUT2D eigenvalue weighted by Gasteiger charge is -2.23. The number of aromatic nitrogens is 2. The van der Waals surface area contributed by atoms with E-state index in [0.717, 1.165) is 5.65 Å². The van der Waals surface area contributed by atoms with Gasteiger partial charge in [0, 0.05) is 22.5 Å². The molecule has 17 heavy (non-hydrogen) atoms. The number of hydrogen-bond donors (Lipinski definition) is 0. The van der Waals surface area contributed by atoms with Crippen LogP contribution in [0.2, 0.25) is 0 Å². The average molecular weight is 224 g/mol. The zero-order chi connectivity index (χ0) is 12.0. The summed E-state index contributed by atoms with van der Waals surface area (Å²) in [6.07, 6.45) is 1.86. The molecule has 0 saturated heterocycles. The molecule has 3 rings (SSSR count). The molecule has 86 valence electrons. The Morgan fingerprint density at radius 3 is 2.41 bits per heavy atom. The molecule has 2 nitrogen and oxygen atoms in total. The molecule has 0 N–H and O–H groups in total. The van der Waals surface area contributed by atoms with Gasteiger partial charge in [0.05, 0.1) is 5.52 Å². The van der Waals surface area contributed by atoms with E-state index in [9.17, 15) is 0 Å². The smallest absolute Gasteiger partial charge is 0.141 e. The summed E-state index contributed by atoms with van der Waals surface area (Å²) in [7, 11) is 0. The maximum atomic E-state index is 4.55. The molecule has 0 aliphatic carbocycles. The molecule has 0 aliphatic rings. The molecule has 3 aromatic rings. The minimum atomic E-state index is 0.0374. The first-order valence-corrected chi connectivity index (χ1v) is 5.94. The van der Waals surface area contributed by atoms with E-state index >= 15 is 0 Å². The van der Waals surface area contributed by atoms with Gasteiger partial charge in [-0.3, -0.25) is 0 Å². The molecule has 0 bridgehead atoms. The van der Waals surface area contributed by atoms with Crippen LogP contribution in [0.15, 0.2) is 42.6 Å². The SMILES string of the molecule is CC(C)(C)n1c2ccccc2c2cccnc21. The van der Waals surface area contributed by atoms with E-state index < -0.39 is 0 Å². The topological polar surface area (TPSA) is 17.8 Å². The van der Waals surface area contributed by atoms with Crippen molar-refractivity contribution in [1.29, 1.82) is 0 Å². The summed E-state index contributed by atoms with van der Waals surface area (Å²) in [5, 5.41) is 2.52. The fourth-order valence-corrected chi connectivity index (χ4v) is 2.47. The second-order valence-electron chi connectivity index (χ2n) is 5.40. The summed E-state index contributed by atoms with van der Waals surface area (Å²) >= 11 is 0. The molecule has 1 aromatic carbocycles. The Kier molecular flexibility index (Phi) is 2.02. The first kappa shape index (κ1) is 10.3. The molecule has 0 radical (unpaired) electrons. The van der Waals surface area contributed by atoms with Gasteiger partial charge in [-0.15, -0.1) is 0 Å². The largest absolute Gasteiger partial charge is 0.320 e. The summed E-state index contributed by atoms with van der Waals surface area (Å²) < 4.78 is 2.32. The fraction of sp³-hybridized carbons (Fsp3) is 0.267. The Morgan fingerprint density at radius 1 is 0.941 bits per heavy atom. The van der Waals surface area contributed by atoms with Gasteiger partial charge in [-0.1, -0.05) is 18.2 Å². The number of benzene rings is 1. The Balaban J connectivity index is 2.60. The van der Waals surface area contributed by atoms with Gasteiger partial charge in [-0.2, -0.15) is 0 Å². The molecule has 2 heterocycles. The highest BCUT2D eigenvalue weighted by Crippen LogP contribution is 2.32. The lowest BCUT2D eigenvalue weighted by molar-refractivity contribution is 0.421. The van der Waals surface area contributed by atoms with E-state index in [2.05, 4.69) is 60.7 Å². The lowest BCUT2D eigenvalue weighted by Crippen LogP contribution is -2.21. The lowest BCUT2D eigenvalue weighted by atomic mass is 10.1. The third kappa shape index (κ3) is 1.44. The number of hydrogen-bond acceptors (Lipinski definition) is 1. The normalized spacial score (nSPS) is 12.4. The highest BCUT2D eigenvalue weighted by atomic mass is 15.1. The maximum absolute atomic E-state index is 4.55. The predicted octanol–water partition coefficient (Wildman–Crippen LogP) is 3.94. The second-order valence-corrected chi connectivity index (χ2v) is 5.40. The first-order chi connectivity index (χ1) is 8.09. The zero-order valence-corrected chi connectivity index (χ0v) is 10.4. The molecule has 0 aliphatic heterocycles. The van der Waals surface area contributed by atoms with Gasteiger partial charge in [0.1, 0.15) is 5.65 Å². The molecule has 0 spiro atoms. The maximum Gasteiger partial charge on any atom is 0.141 e. The highest BCUT2D eigenvalue weighted by molar-refractivity contribution is 6.06. The van der Waals surface area contributed by atoms with Crippen molar-refractivity contribution in [3.63, 3.8) is 0 Å². The van der Waals surface area contributed by atoms with Crippen molar-refractivity contribution in [2.75, 3.05) is 0 Å². The van der Waals surface area contributed by atoms with Gasteiger partial charge in [0.25, 0.3) is 0 Å². The van der Waals surface area contributed by atoms with Crippen LogP contribution in [-0.4, -0.2) is 9.55 Å². The monoisotopic (exact) mass is 224 g/mol. The second kappa shape index (κ2) is 3.33. The van der Waals surface area contributed by atoms with Crippen LogP contribution in [0, 0.1) is 0 Å². The van der Waals surface area contributed by atoms with Crippen LogP contribution in [-0.2, 0) is 5.54 Å². The first-order valence-electron chi connectivity index (χ1n) is 5.94.